The van der Waals surface area contributed by atoms with Gasteiger partial charge in [-0.25, -0.2) is 4.98 Å². The Bertz CT molecular complexity index is 433. The van der Waals surface area contributed by atoms with Gasteiger partial charge in [0.1, 0.15) is 5.82 Å². The van der Waals surface area contributed by atoms with E-state index in [2.05, 4.69) is 34.4 Å². The Kier molecular flexibility index (Phi) is 6.71. The van der Waals surface area contributed by atoms with E-state index in [0.29, 0.717) is 19.0 Å². The van der Waals surface area contributed by atoms with Gasteiger partial charge < -0.3 is 10.6 Å². The smallest absolute Gasteiger partial charge is 0.370 e. The van der Waals surface area contributed by atoms with E-state index >= 15 is 0 Å². The maximum Gasteiger partial charge on any atom is 0.433 e. The van der Waals surface area contributed by atoms with Crippen LogP contribution in [0.1, 0.15) is 45.7 Å². The highest BCUT2D eigenvalue weighted by atomic mass is 19.4. The zero-order chi connectivity index (χ0) is 15.9. The fourth-order valence-corrected chi connectivity index (χ4v) is 1.73. The SMILES string of the molecule is CCCNc1nc(NCCCC(C)C)cc(C(F)(F)F)n1. The summed E-state index contributed by atoms with van der Waals surface area (Å²) in [7, 11) is 0. The predicted octanol–water partition coefficient (Wildman–Crippen LogP) is 4.17. The molecule has 0 spiro atoms. The predicted molar refractivity (Wildman–Crippen MR) is 78.4 cm³/mol. The van der Waals surface area contributed by atoms with E-state index < -0.39 is 11.9 Å². The molecule has 0 bridgehead atoms. The lowest BCUT2D eigenvalue weighted by Gasteiger charge is -2.12. The average molecular weight is 304 g/mol. The minimum absolute atomic E-state index is 0.0121. The number of halogens is 3. The molecule has 0 amide bonds. The van der Waals surface area contributed by atoms with Crippen LogP contribution in [0.5, 0.6) is 0 Å². The van der Waals surface area contributed by atoms with Crippen LogP contribution in [0.3, 0.4) is 0 Å². The molecule has 0 unspecified atom stereocenters. The molecule has 0 saturated heterocycles. The van der Waals surface area contributed by atoms with Gasteiger partial charge in [-0.3, -0.25) is 0 Å². The summed E-state index contributed by atoms with van der Waals surface area (Å²) in [6.45, 7) is 7.28. The van der Waals surface area contributed by atoms with Crippen molar-refractivity contribution in [3.63, 3.8) is 0 Å². The van der Waals surface area contributed by atoms with Crippen molar-refractivity contribution in [2.24, 2.45) is 5.92 Å². The van der Waals surface area contributed by atoms with E-state index in [-0.39, 0.29) is 11.8 Å². The lowest BCUT2D eigenvalue weighted by molar-refractivity contribution is -0.141. The van der Waals surface area contributed by atoms with Crippen molar-refractivity contribution >= 4 is 11.8 Å². The van der Waals surface area contributed by atoms with E-state index in [1.807, 2.05) is 6.92 Å². The van der Waals surface area contributed by atoms with Gasteiger partial charge in [0.2, 0.25) is 5.95 Å². The lowest BCUT2D eigenvalue weighted by Crippen LogP contribution is -2.15. The maximum absolute atomic E-state index is 12.8. The standard InChI is InChI=1S/C14H23F3N4/c1-4-7-19-13-20-11(14(15,16)17)9-12(21-13)18-8-5-6-10(2)3/h9-10H,4-8H2,1-3H3,(H2,18,19,20,21). The molecule has 0 aliphatic heterocycles. The molecule has 21 heavy (non-hydrogen) atoms. The first-order chi connectivity index (χ1) is 9.82. The topological polar surface area (TPSA) is 49.8 Å². The highest BCUT2D eigenvalue weighted by Crippen LogP contribution is 2.29. The molecule has 2 N–H and O–H groups in total. The number of nitrogens with zero attached hydrogens (tertiary/aromatic N) is 2. The summed E-state index contributed by atoms with van der Waals surface area (Å²) in [6, 6.07) is 0.951. The molecule has 0 radical (unpaired) electrons. The third-order valence-corrected chi connectivity index (χ3v) is 2.81. The van der Waals surface area contributed by atoms with Gasteiger partial charge in [0, 0.05) is 19.2 Å². The molecule has 0 fully saturated rings. The molecule has 0 atom stereocenters. The van der Waals surface area contributed by atoms with Crippen molar-refractivity contribution in [1.29, 1.82) is 0 Å². The van der Waals surface area contributed by atoms with E-state index in [1.165, 1.54) is 0 Å². The van der Waals surface area contributed by atoms with Gasteiger partial charge in [-0.05, 0) is 25.2 Å². The normalized spacial score (nSPS) is 11.8. The maximum atomic E-state index is 12.8. The number of hydrogen-bond donors (Lipinski definition) is 2. The number of nitrogens with one attached hydrogen (secondary N) is 2. The number of alkyl halides is 3. The zero-order valence-corrected chi connectivity index (χ0v) is 12.7. The molecule has 7 heteroatoms. The fraction of sp³-hybridized carbons (Fsp3) is 0.714. The van der Waals surface area contributed by atoms with Gasteiger partial charge in [-0.1, -0.05) is 20.8 Å². The number of hydrogen-bond acceptors (Lipinski definition) is 4. The second-order valence-electron chi connectivity index (χ2n) is 5.35. The summed E-state index contributed by atoms with van der Waals surface area (Å²) < 4.78 is 38.5. The average Bonchev–Trinajstić information content (AvgIpc) is 2.40. The first-order valence-electron chi connectivity index (χ1n) is 7.27. The fourth-order valence-electron chi connectivity index (χ4n) is 1.73. The first-order valence-corrected chi connectivity index (χ1v) is 7.27. The first kappa shape index (κ1) is 17.5. The van der Waals surface area contributed by atoms with Crippen LogP contribution in [0.25, 0.3) is 0 Å². The van der Waals surface area contributed by atoms with Crippen LogP contribution in [-0.2, 0) is 6.18 Å². The molecule has 1 aromatic heterocycles. The summed E-state index contributed by atoms with van der Waals surface area (Å²) in [5.41, 5.74) is -0.928. The Labute approximate surface area is 123 Å². The monoisotopic (exact) mass is 304 g/mol. The van der Waals surface area contributed by atoms with Crippen LogP contribution >= 0.6 is 0 Å². The molecule has 120 valence electrons. The Morgan fingerprint density at radius 1 is 1.14 bits per heavy atom. The third-order valence-electron chi connectivity index (χ3n) is 2.81. The van der Waals surface area contributed by atoms with Crippen molar-refractivity contribution in [3.05, 3.63) is 11.8 Å². The van der Waals surface area contributed by atoms with Gasteiger partial charge in [0.25, 0.3) is 0 Å². The van der Waals surface area contributed by atoms with Crippen molar-refractivity contribution in [3.8, 4) is 0 Å². The summed E-state index contributed by atoms with van der Waals surface area (Å²) in [5, 5.41) is 5.73. The summed E-state index contributed by atoms with van der Waals surface area (Å²) in [5.74, 6) is 0.794. The van der Waals surface area contributed by atoms with E-state index in [0.717, 1.165) is 25.3 Å². The summed E-state index contributed by atoms with van der Waals surface area (Å²) in [4.78, 5) is 7.58. The number of rotatable bonds is 8. The Morgan fingerprint density at radius 2 is 1.86 bits per heavy atom. The molecule has 1 rings (SSSR count). The second-order valence-corrected chi connectivity index (χ2v) is 5.35. The van der Waals surface area contributed by atoms with Crippen LogP contribution in [0.4, 0.5) is 24.9 Å². The number of aromatic nitrogens is 2. The third kappa shape index (κ3) is 6.64. The minimum atomic E-state index is -4.47. The van der Waals surface area contributed by atoms with Gasteiger partial charge in [-0.2, -0.15) is 18.2 Å². The molecule has 4 nitrogen and oxygen atoms in total. The summed E-state index contributed by atoms with van der Waals surface area (Å²) in [6.07, 6.45) is -1.78. The van der Waals surface area contributed by atoms with Crippen LogP contribution in [-0.4, -0.2) is 23.1 Å². The Morgan fingerprint density at radius 3 is 2.43 bits per heavy atom. The number of anilines is 2. The highest BCUT2D eigenvalue weighted by molar-refractivity contribution is 5.43. The lowest BCUT2D eigenvalue weighted by atomic mass is 10.1. The Balaban J connectivity index is 2.76. The van der Waals surface area contributed by atoms with Crippen molar-refractivity contribution < 1.29 is 13.2 Å². The quantitative estimate of drug-likeness (QED) is 0.708. The van der Waals surface area contributed by atoms with E-state index in [1.54, 1.807) is 0 Å². The molecular formula is C14H23F3N4. The highest BCUT2D eigenvalue weighted by Gasteiger charge is 2.33. The van der Waals surface area contributed by atoms with E-state index in [9.17, 15) is 13.2 Å². The van der Waals surface area contributed by atoms with Crippen LogP contribution < -0.4 is 10.6 Å². The van der Waals surface area contributed by atoms with Crippen molar-refractivity contribution in [1.82, 2.24) is 9.97 Å². The van der Waals surface area contributed by atoms with E-state index in [4.69, 9.17) is 0 Å². The second kappa shape index (κ2) is 8.05. The molecular weight excluding hydrogens is 281 g/mol. The van der Waals surface area contributed by atoms with Crippen molar-refractivity contribution in [2.75, 3.05) is 23.7 Å². The molecule has 0 saturated carbocycles. The molecule has 0 aliphatic carbocycles. The van der Waals surface area contributed by atoms with Gasteiger partial charge in [-0.15, -0.1) is 0 Å². The van der Waals surface area contributed by atoms with Gasteiger partial charge in [0.05, 0.1) is 0 Å². The Hall–Kier alpha value is -1.53. The molecule has 0 aromatic carbocycles. The van der Waals surface area contributed by atoms with Crippen LogP contribution in [0, 0.1) is 5.92 Å². The van der Waals surface area contributed by atoms with Crippen molar-refractivity contribution in [2.45, 2.75) is 46.2 Å². The van der Waals surface area contributed by atoms with Gasteiger partial charge >= 0.3 is 6.18 Å². The molecule has 1 aromatic rings. The zero-order valence-electron chi connectivity index (χ0n) is 12.7. The van der Waals surface area contributed by atoms with Crippen LogP contribution in [0.2, 0.25) is 0 Å². The van der Waals surface area contributed by atoms with Crippen LogP contribution in [0.15, 0.2) is 6.07 Å². The van der Waals surface area contributed by atoms with Gasteiger partial charge in [0.15, 0.2) is 5.69 Å². The minimum Gasteiger partial charge on any atom is -0.370 e. The summed E-state index contributed by atoms with van der Waals surface area (Å²) >= 11 is 0. The largest absolute Gasteiger partial charge is 0.433 e. The molecule has 1 heterocycles. The molecule has 0 aliphatic rings.